The predicted molar refractivity (Wildman–Crippen MR) is 94.9 cm³/mol. The van der Waals surface area contributed by atoms with Gasteiger partial charge in [-0.2, -0.15) is 11.3 Å². The standard InChI is InChI=1S/C18H24N4OS/c1-2-8-23-12-17-18-16(22(20-19-18)11-14-3-4-14)5-7-21(17)10-15-6-9-24-13-15/h2,6,9,13-14,17H,1,3-5,7-8,10-12H2. The van der Waals surface area contributed by atoms with Gasteiger partial charge in [-0.15, -0.1) is 11.7 Å². The van der Waals surface area contributed by atoms with Crippen molar-refractivity contribution in [3.8, 4) is 0 Å². The number of nitrogens with zero attached hydrogens (tertiary/aromatic N) is 4. The highest BCUT2D eigenvalue weighted by Crippen LogP contribution is 2.34. The molecule has 1 aliphatic heterocycles. The first-order valence-corrected chi connectivity index (χ1v) is 9.65. The Morgan fingerprint density at radius 1 is 1.42 bits per heavy atom. The van der Waals surface area contributed by atoms with Gasteiger partial charge in [0.15, 0.2) is 0 Å². The second-order valence-corrected chi connectivity index (χ2v) is 7.52. The fourth-order valence-electron chi connectivity index (χ4n) is 3.39. The summed E-state index contributed by atoms with van der Waals surface area (Å²) in [6.07, 6.45) is 5.50. The molecule has 4 rings (SSSR count). The molecule has 2 aliphatic rings. The van der Waals surface area contributed by atoms with Crippen LogP contribution in [0.1, 0.15) is 35.8 Å². The molecule has 0 radical (unpaired) electrons. The van der Waals surface area contributed by atoms with Gasteiger partial charge in [-0.25, -0.2) is 4.68 Å². The minimum absolute atomic E-state index is 0.182. The zero-order valence-electron chi connectivity index (χ0n) is 13.9. The number of hydrogen-bond acceptors (Lipinski definition) is 5. The van der Waals surface area contributed by atoms with E-state index < -0.39 is 0 Å². The molecule has 6 heteroatoms. The van der Waals surface area contributed by atoms with Gasteiger partial charge in [0.1, 0.15) is 5.69 Å². The molecular weight excluding hydrogens is 320 g/mol. The van der Waals surface area contributed by atoms with Crippen LogP contribution in [0, 0.1) is 5.92 Å². The first-order valence-electron chi connectivity index (χ1n) is 8.71. The molecule has 0 bridgehead atoms. The fraction of sp³-hybridized carbons (Fsp3) is 0.556. The van der Waals surface area contributed by atoms with Crippen molar-refractivity contribution >= 4 is 11.3 Å². The lowest BCUT2D eigenvalue weighted by Gasteiger charge is -2.34. The normalized spacial score (nSPS) is 20.9. The van der Waals surface area contributed by atoms with Gasteiger partial charge in [0, 0.05) is 26.1 Å². The summed E-state index contributed by atoms with van der Waals surface area (Å²) < 4.78 is 7.95. The fourth-order valence-corrected chi connectivity index (χ4v) is 4.05. The Labute approximate surface area is 146 Å². The number of aromatic nitrogens is 3. The van der Waals surface area contributed by atoms with Crippen LogP contribution >= 0.6 is 11.3 Å². The third-order valence-electron chi connectivity index (χ3n) is 4.87. The summed E-state index contributed by atoms with van der Waals surface area (Å²) >= 11 is 1.75. The summed E-state index contributed by atoms with van der Waals surface area (Å²) in [6.45, 7) is 7.97. The van der Waals surface area contributed by atoms with Gasteiger partial charge in [0.2, 0.25) is 0 Å². The Bertz CT molecular complexity index is 677. The van der Waals surface area contributed by atoms with Crippen LogP contribution in [0.2, 0.25) is 0 Å². The molecule has 1 unspecified atom stereocenters. The number of thiophene rings is 1. The van der Waals surface area contributed by atoms with E-state index in [2.05, 4.69) is 43.3 Å². The highest BCUT2D eigenvalue weighted by atomic mass is 32.1. The molecule has 1 saturated carbocycles. The molecule has 1 fully saturated rings. The van der Waals surface area contributed by atoms with Crippen molar-refractivity contribution < 1.29 is 4.74 Å². The summed E-state index contributed by atoms with van der Waals surface area (Å²) in [7, 11) is 0. The van der Waals surface area contributed by atoms with E-state index in [0.717, 1.165) is 37.7 Å². The van der Waals surface area contributed by atoms with Crippen LogP contribution in [0.25, 0.3) is 0 Å². The maximum absolute atomic E-state index is 5.80. The first kappa shape index (κ1) is 16.0. The quantitative estimate of drug-likeness (QED) is 0.545. The third-order valence-corrected chi connectivity index (χ3v) is 5.60. The molecule has 0 N–H and O–H groups in total. The Morgan fingerprint density at radius 2 is 2.33 bits per heavy atom. The Balaban J connectivity index is 1.54. The van der Waals surface area contributed by atoms with E-state index in [1.165, 1.54) is 24.1 Å². The lowest BCUT2D eigenvalue weighted by Crippen LogP contribution is -2.38. The van der Waals surface area contributed by atoms with Crippen molar-refractivity contribution in [2.75, 3.05) is 19.8 Å². The lowest BCUT2D eigenvalue weighted by molar-refractivity contribution is 0.0599. The third kappa shape index (κ3) is 3.45. The molecule has 1 atom stereocenters. The maximum Gasteiger partial charge on any atom is 0.105 e. The molecule has 2 aromatic heterocycles. The molecule has 128 valence electrons. The van der Waals surface area contributed by atoms with E-state index in [4.69, 9.17) is 4.74 Å². The number of rotatable bonds is 8. The van der Waals surface area contributed by atoms with Gasteiger partial charge in [-0.1, -0.05) is 11.3 Å². The molecule has 1 aliphatic carbocycles. The van der Waals surface area contributed by atoms with Crippen LogP contribution in [0.3, 0.4) is 0 Å². The van der Waals surface area contributed by atoms with Crippen LogP contribution < -0.4 is 0 Å². The summed E-state index contributed by atoms with van der Waals surface area (Å²) in [5.41, 5.74) is 3.79. The average Bonchev–Trinajstić information content (AvgIpc) is 3.08. The van der Waals surface area contributed by atoms with E-state index in [1.807, 2.05) is 0 Å². The van der Waals surface area contributed by atoms with Crippen molar-refractivity contribution in [1.29, 1.82) is 0 Å². The topological polar surface area (TPSA) is 43.2 Å². The van der Waals surface area contributed by atoms with Gasteiger partial charge in [0.05, 0.1) is 24.9 Å². The first-order chi connectivity index (χ1) is 11.8. The van der Waals surface area contributed by atoms with Gasteiger partial charge < -0.3 is 4.74 Å². The van der Waals surface area contributed by atoms with Gasteiger partial charge in [0.25, 0.3) is 0 Å². The minimum Gasteiger partial charge on any atom is -0.375 e. The highest BCUT2D eigenvalue weighted by molar-refractivity contribution is 7.07. The molecule has 3 heterocycles. The van der Waals surface area contributed by atoms with Gasteiger partial charge in [-0.05, 0) is 41.1 Å². The van der Waals surface area contributed by atoms with E-state index in [9.17, 15) is 0 Å². The zero-order valence-corrected chi connectivity index (χ0v) is 14.7. The van der Waals surface area contributed by atoms with E-state index >= 15 is 0 Å². The molecule has 0 spiro atoms. The Hall–Kier alpha value is -1.50. The summed E-state index contributed by atoms with van der Waals surface area (Å²) in [5.74, 6) is 0.815. The molecule has 24 heavy (non-hydrogen) atoms. The van der Waals surface area contributed by atoms with Crippen LogP contribution in [0.15, 0.2) is 29.5 Å². The van der Waals surface area contributed by atoms with Crippen LogP contribution in [-0.4, -0.2) is 39.7 Å². The zero-order chi connectivity index (χ0) is 16.4. The van der Waals surface area contributed by atoms with Crippen molar-refractivity contribution in [3.63, 3.8) is 0 Å². The van der Waals surface area contributed by atoms with Crippen LogP contribution in [0.5, 0.6) is 0 Å². The molecule has 5 nitrogen and oxygen atoms in total. The van der Waals surface area contributed by atoms with Gasteiger partial charge in [-0.3, -0.25) is 4.90 Å². The summed E-state index contributed by atoms with van der Waals surface area (Å²) in [6, 6.07) is 2.38. The lowest BCUT2D eigenvalue weighted by atomic mass is 10.0. The highest BCUT2D eigenvalue weighted by Gasteiger charge is 2.33. The Morgan fingerprint density at radius 3 is 3.08 bits per heavy atom. The second kappa shape index (κ2) is 7.17. The number of hydrogen-bond donors (Lipinski definition) is 0. The minimum atomic E-state index is 0.182. The number of ether oxygens (including phenoxy) is 1. The van der Waals surface area contributed by atoms with Crippen LogP contribution in [0.4, 0.5) is 0 Å². The molecule has 2 aromatic rings. The predicted octanol–water partition coefficient (Wildman–Crippen LogP) is 3.05. The van der Waals surface area contributed by atoms with Crippen molar-refractivity contribution in [3.05, 3.63) is 46.4 Å². The average molecular weight is 344 g/mol. The van der Waals surface area contributed by atoms with E-state index in [-0.39, 0.29) is 6.04 Å². The van der Waals surface area contributed by atoms with Crippen molar-refractivity contribution in [2.45, 2.75) is 38.4 Å². The summed E-state index contributed by atoms with van der Waals surface area (Å²) in [4.78, 5) is 2.48. The number of fused-ring (bicyclic) bond motifs is 1. The molecule has 0 saturated heterocycles. The Kier molecular flexibility index (Phi) is 4.78. The summed E-state index contributed by atoms with van der Waals surface area (Å²) in [5, 5.41) is 13.4. The van der Waals surface area contributed by atoms with Crippen LogP contribution in [-0.2, 0) is 24.2 Å². The largest absolute Gasteiger partial charge is 0.375 e. The molecule has 0 amide bonds. The second-order valence-electron chi connectivity index (χ2n) is 6.74. The maximum atomic E-state index is 5.80. The SMILES string of the molecule is C=CCOCC1c2nnn(CC3CC3)c2CCN1Cc1ccsc1. The van der Waals surface area contributed by atoms with Crippen molar-refractivity contribution in [1.82, 2.24) is 19.9 Å². The van der Waals surface area contributed by atoms with Gasteiger partial charge >= 0.3 is 0 Å². The van der Waals surface area contributed by atoms with Crippen molar-refractivity contribution in [2.24, 2.45) is 5.92 Å². The van der Waals surface area contributed by atoms with E-state index in [1.54, 1.807) is 17.4 Å². The monoisotopic (exact) mass is 344 g/mol. The molecular formula is C18H24N4OS. The molecule has 0 aromatic carbocycles. The van der Waals surface area contributed by atoms with E-state index in [0.29, 0.717) is 13.2 Å². The smallest absolute Gasteiger partial charge is 0.105 e.